The molecule has 0 saturated carbocycles. The molecule has 0 saturated heterocycles. The maximum Gasteiger partial charge on any atom is 0.164 e. The van der Waals surface area contributed by atoms with Crippen molar-refractivity contribution in [3.63, 3.8) is 0 Å². The fourth-order valence-corrected chi connectivity index (χ4v) is 1.71. The SMILES string of the molecule is O=CCCCC(=O)c1ccc(Cl)cc1Cl. The van der Waals surface area contributed by atoms with Crippen LogP contribution in [0.25, 0.3) is 0 Å². The van der Waals surface area contributed by atoms with Crippen LogP contribution in [0.2, 0.25) is 10.0 Å². The summed E-state index contributed by atoms with van der Waals surface area (Å²) < 4.78 is 0. The molecule has 4 heteroatoms. The first-order valence-corrected chi connectivity index (χ1v) is 5.32. The van der Waals surface area contributed by atoms with Gasteiger partial charge in [-0.3, -0.25) is 4.79 Å². The van der Waals surface area contributed by atoms with Gasteiger partial charge in [0.1, 0.15) is 6.29 Å². The number of carbonyl (C=O) groups is 2. The molecule has 0 N–H and O–H groups in total. The minimum absolute atomic E-state index is 0.0569. The van der Waals surface area contributed by atoms with Crippen molar-refractivity contribution in [2.24, 2.45) is 0 Å². The fraction of sp³-hybridized carbons (Fsp3) is 0.273. The van der Waals surface area contributed by atoms with Crippen LogP contribution >= 0.6 is 23.2 Å². The van der Waals surface area contributed by atoms with Crippen LogP contribution in [-0.4, -0.2) is 12.1 Å². The van der Waals surface area contributed by atoms with Gasteiger partial charge in [0, 0.05) is 23.4 Å². The van der Waals surface area contributed by atoms with Gasteiger partial charge in [-0.25, -0.2) is 0 Å². The van der Waals surface area contributed by atoms with Crippen LogP contribution < -0.4 is 0 Å². The van der Waals surface area contributed by atoms with Crippen LogP contribution in [0.15, 0.2) is 18.2 Å². The van der Waals surface area contributed by atoms with Crippen LogP contribution in [0.4, 0.5) is 0 Å². The molecule has 0 aliphatic heterocycles. The van der Waals surface area contributed by atoms with Crippen LogP contribution in [0.1, 0.15) is 29.6 Å². The van der Waals surface area contributed by atoms with Crippen LogP contribution in [-0.2, 0) is 4.79 Å². The largest absolute Gasteiger partial charge is 0.303 e. The second-order valence-corrected chi connectivity index (χ2v) is 3.95. The maximum absolute atomic E-state index is 11.6. The van der Waals surface area contributed by atoms with E-state index in [9.17, 15) is 9.59 Å². The van der Waals surface area contributed by atoms with Gasteiger partial charge in [-0.05, 0) is 24.6 Å². The number of halogens is 2. The van der Waals surface area contributed by atoms with E-state index in [0.717, 1.165) is 6.29 Å². The summed E-state index contributed by atoms with van der Waals surface area (Å²) in [7, 11) is 0. The van der Waals surface area contributed by atoms with E-state index >= 15 is 0 Å². The van der Waals surface area contributed by atoms with Gasteiger partial charge in [-0.1, -0.05) is 23.2 Å². The van der Waals surface area contributed by atoms with E-state index in [1.54, 1.807) is 12.1 Å². The topological polar surface area (TPSA) is 34.1 Å². The number of hydrogen-bond acceptors (Lipinski definition) is 2. The third-order valence-electron chi connectivity index (χ3n) is 1.96. The zero-order valence-electron chi connectivity index (χ0n) is 8.00. The molecule has 0 aliphatic carbocycles. The van der Waals surface area contributed by atoms with Crippen molar-refractivity contribution >= 4 is 35.3 Å². The average Bonchev–Trinajstić information content (AvgIpc) is 2.17. The molecule has 0 atom stereocenters. The van der Waals surface area contributed by atoms with Gasteiger partial charge in [0.15, 0.2) is 5.78 Å². The Balaban J connectivity index is 2.69. The van der Waals surface area contributed by atoms with E-state index in [1.807, 2.05) is 0 Å². The van der Waals surface area contributed by atoms with Gasteiger partial charge < -0.3 is 4.79 Å². The molecule has 0 bridgehead atoms. The van der Waals surface area contributed by atoms with Gasteiger partial charge >= 0.3 is 0 Å². The number of unbranched alkanes of at least 4 members (excludes halogenated alkanes) is 1. The number of rotatable bonds is 5. The molecule has 1 rings (SSSR count). The Bertz CT molecular complexity index is 375. The summed E-state index contributed by atoms with van der Waals surface area (Å²) in [6.07, 6.45) is 2.09. The summed E-state index contributed by atoms with van der Waals surface area (Å²) in [5.74, 6) is -0.0569. The average molecular weight is 245 g/mol. The zero-order chi connectivity index (χ0) is 11.3. The Morgan fingerprint density at radius 1 is 1.33 bits per heavy atom. The Labute approximate surface area is 98.2 Å². The highest BCUT2D eigenvalue weighted by molar-refractivity contribution is 6.36. The summed E-state index contributed by atoms with van der Waals surface area (Å²) in [6.45, 7) is 0. The van der Waals surface area contributed by atoms with Gasteiger partial charge in [-0.15, -0.1) is 0 Å². The van der Waals surface area contributed by atoms with Crippen molar-refractivity contribution in [1.82, 2.24) is 0 Å². The first-order chi connectivity index (χ1) is 7.15. The van der Waals surface area contributed by atoms with Gasteiger partial charge in [-0.2, -0.15) is 0 Å². The molecular formula is C11H10Cl2O2. The van der Waals surface area contributed by atoms with Crippen LogP contribution in [0, 0.1) is 0 Å². The minimum atomic E-state index is -0.0569. The van der Waals surface area contributed by atoms with E-state index in [2.05, 4.69) is 0 Å². The molecule has 15 heavy (non-hydrogen) atoms. The molecule has 0 aliphatic rings. The quantitative estimate of drug-likeness (QED) is 0.451. The van der Waals surface area contributed by atoms with Crippen molar-refractivity contribution in [3.05, 3.63) is 33.8 Å². The van der Waals surface area contributed by atoms with E-state index in [1.165, 1.54) is 6.07 Å². The molecule has 0 heterocycles. The summed E-state index contributed by atoms with van der Waals surface area (Å²) in [5.41, 5.74) is 0.465. The molecule has 80 valence electrons. The number of aldehydes is 1. The molecule has 0 fully saturated rings. The predicted molar refractivity (Wildman–Crippen MR) is 60.7 cm³/mol. The molecule has 1 aromatic rings. The first-order valence-electron chi connectivity index (χ1n) is 4.57. The third-order valence-corrected chi connectivity index (χ3v) is 2.51. The Morgan fingerprint density at radius 3 is 2.67 bits per heavy atom. The van der Waals surface area contributed by atoms with Crippen LogP contribution in [0.5, 0.6) is 0 Å². The van der Waals surface area contributed by atoms with Crippen molar-refractivity contribution in [2.75, 3.05) is 0 Å². The first kappa shape index (κ1) is 12.2. The molecule has 1 aromatic carbocycles. The van der Waals surface area contributed by atoms with Crippen molar-refractivity contribution in [1.29, 1.82) is 0 Å². The Hall–Kier alpha value is -0.860. The summed E-state index contributed by atoms with van der Waals surface area (Å²) in [4.78, 5) is 21.7. The molecular weight excluding hydrogens is 235 g/mol. The lowest BCUT2D eigenvalue weighted by molar-refractivity contribution is -0.107. The predicted octanol–water partition coefficient (Wildman–Crippen LogP) is 3.55. The molecule has 0 unspecified atom stereocenters. The summed E-state index contributed by atoms with van der Waals surface area (Å²) in [5, 5.41) is 0.864. The van der Waals surface area contributed by atoms with Crippen molar-refractivity contribution in [2.45, 2.75) is 19.3 Å². The second-order valence-electron chi connectivity index (χ2n) is 3.11. The fourth-order valence-electron chi connectivity index (χ4n) is 1.20. The lowest BCUT2D eigenvalue weighted by atomic mass is 10.1. The van der Waals surface area contributed by atoms with E-state index in [4.69, 9.17) is 23.2 Å². The lowest BCUT2D eigenvalue weighted by Gasteiger charge is -2.02. The Morgan fingerprint density at radius 2 is 2.07 bits per heavy atom. The van der Waals surface area contributed by atoms with Crippen molar-refractivity contribution in [3.8, 4) is 0 Å². The van der Waals surface area contributed by atoms with Crippen molar-refractivity contribution < 1.29 is 9.59 Å². The monoisotopic (exact) mass is 244 g/mol. The number of carbonyl (C=O) groups excluding carboxylic acids is 2. The van der Waals surface area contributed by atoms with Gasteiger partial charge in [0.2, 0.25) is 0 Å². The zero-order valence-corrected chi connectivity index (χ0v) is 9.52. The maximum atomic E-state index is 11.6. The van der Waals surface area contributed by atoms with Gasteiger partial charge in [0.05, 0.1) is 5.02 Å². The molecule has 0 spiro atoms. The number of benzene rings is 1. The molecule has 2 nitrogen and oxygen atoms in total. The highest BCUT2D eigenvalue weighted by Crippen LogP contribution is 2.22. The van der Waals surface area contributed by atoms with Gasteiger partial charge in [0.25, 0.3) is 0 Å². The lowest BCUT2D eigenvalue weighted by Crippen LogP contribution is -1.99. The standard InChI is InChI=1S/C11H10Cl2O2/c12-8-4-5-9(10(13)7-8)11(15)3-1-2-6-14/h4-7H,1-3H2. The summed E-state index contributed by atoms with van der Waals surface area (Å²) >= 11 is 11.6. The number of ketones is 1. The molecule has 0 radical (unpaired) electrons. The molecule has 0 aromatic heterocycles. The minimum Gasteiger partial charge on any atom is -0.303 e. The highest BCUT2D eigenvalue weighted by atomic mass is 35.5. The number of Topliss-reactive ketones (excluding diaryl/α,β-unsaturated/α-hetero) is 1. The highest BCUT2D eigenvalue weighted by Gasteiger charge is 2.09. The normalized spacial score (nSPS) is 10.0. The smallest absolute Gasteiger partial charge is 0.164 e. The van der Waals surface area contributed by atoms with Crippen LogP contribution in [0.3, 0.4) is 0 Å². The molecule has 0 amide bonds. The van der Waals surface area contributed by atoms with E-state index < -0.39 is 0 Å². The third kappa shape index (κ3) is 3.65. The summed E-state index contributed by atoms with van der Waals surface area (Å²) in [6, 6.07) is 4.77. The van der Waals surface area contributed by atoms with E-state index in [-0.39, 0.29) is 5.78 Å². The second kappa shape index (κ2) is 5.89. The Kier molecular flexibility index (Phi) is 4.79. The number of hydrogen-bond donors (Lipinski definition) is 0. The van der Waals surface area contributed by atoms with E-state index in [0.29, 0.717) is 34.9 Å².